The Labute approximate surface area is 240 Å². The molecule has 7 heteroatoms. The highest BCUT2D eigenvalue weighted by molar-refractivity contribution is 5.08. The van der Waals surface area contributed by atoms with Gasteiger partial charge in [0.2, 0.25) is 0 Å². The number of rotatable bonds is 10. The van der Waals surface area contributed by atoms with Crippen molar-refractivity contribution in [1.29, 1.82) is 0 Å². The number of fused-ring (bicyclic) bond motifs is 5. The third-order valence-electron chi connectivity index (χ3n) is 10.8. The predicted octanol–water partition coefficient (Wildman–Crippen LogP) is 4.18. The zero-order chi connectivity index (χ0) is 29.2. The third kappa shape index (κ3) is 10.8. The molecule has 4 aliphatic rings. The van der Waals surface area contributed by atoms with E-state index in [0.29, 0.717) is 37.1 Å². The monoisotopic (exact) mass is 558 g/mol. The van der Waals surface area contributed by atoms with Crippen molar-refractivity contribution >= 4 is 0 Å². The van der Waals surface area contributed by atoms with Crippen LogP contribution in [0.25, 0.3) is 0 Å². The molecular formula is C32H67N3O4. The van der Waals surface area contributed by atoms with Gasteiger partial charge in [-0.15, -0.1) is 0 Å². The largest absolute Gasteiger partial charge is 0.396 e. The smallest absolute Gasteiger partial charge is 0.0443 e. The molecule has 7 unspecified atom stereocenters. The van der Waals surface area contributed by atoms with Crippen LogP contribution in [0.3, 0.4) is 0 Å². The summed E-state index contributed by atoms with van der Waals surface area (Å²) in [5.74, 6) is 5.12. The zero-order valence-corrected chi connectivity index (χ0v) is 25.7. The number of hydrogen-bond donors (Lipinski definition) is 7. The number of aliphatic hydroxyl groups excluding tert-OH is 4. The van der Waals surface area contributed by atoms with Crippen molar-refractivity contribution in [2.24, 2.45) is 57.6 Å². The van der Waals surface area contributed by atoms with E-state index >= 15 is 0 Å². The SMILES string of the molecule is CC12CCCCC1CCC1C2CCC2(C)C(CCCCO)CCC12.NCCCO.NCCCO.NCCCO. The van der Waals surface area contributed by atoms with Gasteiger partial charge >= 0.3 is 0 Å². The molecule has 7 nitrogen and oxygen atoms in total. The first-order valence-electron chi connectivity index (χ1n) is 16.4. The molecule has 0 aromatic rings. The minimum absolute atomic E-state index is 0.219. The van der Waals surface area contributed by atoms with Gasteiger partial charge in [-0.3, -0.25) is 0 Å². The van der Waals surface area contributed by atoms with Crippen LogP contribution in [-0.4, -0.2) is 66.5 Å². The van der Waals surface area contributed by atoms with Gasteiger partial charge < -0.3 is 37.6 Å². The maximum Gasteiger partial charge on any atom is 0.0443 e. The third-order valence-corrected chi connectivity index (χ3v) is 10.8. The van der Waals surface area contributed by atoms with E-state index in [2.05, 4.69) is 13.8 Å². The topological polar surface area (TPSA) is 159 Å². The Morgan fingerprint density at radius 1 is 0.564 bits per heavy atom. The molecule has 4 rings (SSSR count). The molecule has 0 aliphatic heterocycles. The Kier molecular flexibility index (Phi) is 19.4. The molecule has 39 heavy (non-hydrogen) atoms. The minimum atomic E-state index is 0.219. The van der Waals surface area contributed by atoms with Crippen molar-refractivity contribution in [2.45, 2.75) is 117 Å². The maximum atomic E-state index is 9.13. The summed E-state index contributed by atoms with van der Waals surface area (Å²) in [7, 11) is 0. The van der Waals surface area contributed by atoms with E-state index in [4.69, 9.17) is 37.6 Å². The summed E-state index contributed by atoms with van der Waals surface area (Å²) in [6, 6.07) is 0. The molecule has 0 amide bonds. The second kappa shape index (κ2) is 20.6. The molecular weight excluding hydrogens is 490 g/mol. The average molecular weight is 558 g/mol. The van der Waals surface area contributed by atoms with Crippen molar-refractivity contribution in [1.82, 2.24) is 0 Å². The van der Waals surface area contributed by atoms with E-state index in [-0.39, 0.29) is 19.8 Å². The fourth-order valence-corrected chi connectivity index (χ4v) is 8.65. The van der Waals surface area contributed by atoms with Gasteiger partial charge in [-0.05, 0) is 144 Å². The van der Waals surface area contributed by atoms with E-state index in [1.54, 1.807) is 12.8 Å². The van der Waals surface area contributed by atoms with Gasteiger partial charge in [0.15, 0.2) is 0 Å². The summed E-state index contributed by atoms with van der Waals surface area (Å²) in [5.41, 5.74) is 16.3. The molecule has 0 bridgehead atoms. The highest BCUT2D eigenvalue weighted by Gasteiger charge is 2.59. The van der Waals surface area contributed by atoms with Gasteiger partial charge in [-0.1, -0.05) is 33.1 Å². The van der Waals surface area contributed by atoms with Crippen LogP contribution in [0.2, 0.25) is 0 Å². The number of unbranched alkanes of at least 4 members (excludes halogenated alkanes) is 1. The van der Waals surface area contributed by atoms with Crippen LogP contribution in [0.5, 0.6) is 0 Å². The van der Waals surface area contributed by atoms with Gasteiger partial charge in [0.1, 0.15) is 0 Å². The Hall–Kier alpha value is -0.280. The van der Waals surface area contributed by atoms with Crippen molar-refractivity contribution in [2.75, 3.05) is 46.1 Å². The highest BCUT2D eigenvalue weighted by atomic mass is 16.3. The molecule has 4 aliphatic carbocycles. The number of aliphatic hydroxyl groups is 4. The molecule has 4 saturated carbocycles. The molecule has 234 valence electrons. The van der Waals surface area contributed by atoms with E-state index in [0.717, 1.165) is 55.3 Å². The lowest BCUT2D eigenvalue weighted by Gasteiger charge is -2.60. The molecule has 0 spiro atoms. The summed E-state index contributed by atoms with van der Waals surface area (Å²) in [4.78, 5) is 0. The standard InChI is InChI=1S/C23H40O.3C3H9NO/c1-22-14-5-3-7-17(22)9-11-19-20-12-10-18(8-4-6-16-24)23(20,2)15-13-21(19)22;3*4-2-1-3-5/h17-21,24H,3-16H2,1-2H3;3*5H,1-4H2. The Balaban J connectivity index is 0.000000420. The van der Waals surface area contributed by atoms with Gasteiger partial charge in [-0.25, -0.2) is 0 Å². The first-order chi connectivity index (χ1) is 18.8. The second-order valence-corrected chi connectivity index (χ2v) is 13.0. The van der Waals surface area contributed by atoms with Crippen molar-refractivity contribution in [3.8, 4) is 0 Å². The minimum Gasteiger partial charge on any atom is -0.396 e. The Morgan fingerprint density at radius 2 is 1.13 bits per heavy atom. The maximum absolute atomic E-state index is 9.13. The molecule has 7 atom stereocenters. The second-order valence-electron chi connectivity index (χ2n) is 13.0. The molecule has 0 radical (unpaired) electrons. The molecule has 0 aromatic carbocycles. The van der Waals surface area contributed by atoms with Crippen LogP contribution in [0.1, 0.15) is 117 Å². The molecule has 0 saturated heterocycles. The van der Waals surface area contributed by atoms with Crippen LogP contribution in [-0.2, 0) is 0 Å². The van der Waals surface area contributed by atoms with E-state index < -0.39 is 0 Å². The summed E-state index contributed by atoms with van der Waals surface area (Å²) < 4.78 is 0. The molecule has 0 aromatic heterocycles. The molecule has 0 heterocycles. The Morgan fingerprint density at radius 3 is 1.64 bits per heavy atom. The number of hydrogen-bond acceptors (Lipinski definition) is 7. The number of nitrogens with two attached hydrogens (primary N) is 3. The normalized spacial score (nSPS) is 34.5. The Bertz CT molecular complexity index is 577. The van der Waals surface area contributed by atoms with Gasteiger partial charge in [0.25, 0.3) is 0 Å². The first-order valence-corrected chi connectivity index (χ1v) is 16.4. The fourth-order valence-electron chi connectivity index (χ4n) is 8.65. The van der Waals surface area contributed by atoms with Crippen LogP contribution in [0, 0.1) is 40.4 Å². The average Bonchev–Trinajstić information content (AvgIpc) is 3.27. The summed E-state index contributed by atoms with van der Waals surface area (Å²) in [6.45, 7) is 8.19. The van der Waals surface area contributed by atoms with E-state index in [1.807, 2.05) is 0 Å². The van der Waals surface area contributed by atoms with Crippen LogP contribution < -0.4 is 17.2 Å². The van der Waals surface area contributed by atoms with Crippen LogP contribution in [0.4, 0.5) is 0 Å². The lowest BCUT2D eigenvalue weighted by molar-refractivity contribution is -0.111. The molecule has 4 fully saturated rings. The fraction of sp³-hybridized carbons (Fsp3) is 1.00. The predicted molar refractivity (Wildman–Crippen MR) is 163 cm³/mol. The highest BCUT2D eigenvalue weighted by Crippen LogP contribution is 2.67. The van der Waals surface area contributed by atoms with Crippen molar-refractivity contribution in [3.63, 3.8) is 0 Å². The van der Waals surface area contributed by atoms with E-state index in [1.165, 1.54) is 64.2 Å². The first kappa shape index (κ1) is 36.7. The summed E-state index contributed by atoms with van der Waals surface area (Å²) in [6.07, 6.45) is 21.0. The molecule has 10 N–H and O–H groups in total. The van der Waals surface area contributed by atoms with Crippen molar-refractivity contribution in [3.05, 3.63) is 0 Å². The summed E-state index contributed by atoms with van der Waals surface area (Å²) >= 11 is 0. The zero-order valence-electron chi connectivity index (χ0n) is 25.7. The van der Waals surface area contributed by atoms with E-state index in [9.17, 15) is 0 Å². The van der Waals surface area contributed by atoms with Crippen LogP contribution in [0.15, 0.2) is 0 Å². The quantitative estimate of drug-likeness (QED) is 0.198. The van der Waals surface area contributed by atoms with Gasteiger partial charge in [0.05, 0.1) is 0 Å². The van der Waals surface area contributed by atoms with Crippen molar-refractivity contribution < 1.29 is 20.4 Å². The summed E-state index contributed by atoms with van der Waals surface area (Å²) in [5, 5.41) is 33.1. The van der Waals surface area contributed by atoms with Crippen LogP contribution >= 0.6 is 0 Å². The van der Waals surface area contributed by atoms with Gasteiger partial charge in [0, 0.05) is 26.4 Å². The van der Waals surface area contributed by atoms with Gasteiger partial charge in [-0.2, -0.15) is 0 Å². The lowest BCUT2D eigenvalue weighted by atomic mass is 9.45. The lowest BCUT2D eigenvalue weighted by Crippen LogP contribution is -2.52.